The Morgan fingerprint density at radius 2 is 2.33 bits per heavy atom. The van der Waals surface area contributed by atoms with Crippen molar-refractivity contribution in [1.29, 1.82) is 0 Å². The Balaban J connectivity index is 2.40. The van der Waals surface area contributed by atoms with Gasteiger partial charge in [0.25, 0.3) is 5.91 Å². The number of hydrogen-bond acceptors (Lipinski definition) is 2. The van der Waals surface area contributed by atoms with Gasteiger partial charge in [-0.2, -0.15) is 0 Å². The molecule has 0 radical (unpaired) electrons. The molecular weight excluding hydrogens is 159 g/mol. The van der Waals surface area contributed by atoms with Crippen LogP contribution < -0.4 is 0 Å². The van der Waals surface area contributed by atoms with Crippen LogP contribution in [0.15, 0.2) is 34.0 Å². The van der Waals surface area contributed by atoms with Crippen LogP contribution in [0.4, 0.5) is 4.39 Å². The minimum atomic E-state index is -0.465. The van der Waals surface area contributed by atoms with Crippen molar-refractivity contribution in [3.8, 4) is 0 Å². The highest BCUT2D eigenvalue weighted by molar-refractivity contribution is 6.14. The van der Waals surface area contributed by atoms with Crippen LogP contribution in [-0.4, -0.2) is 23.9 Å². The number of aliphatic imine (C=N–C) groups is 2. The summed E-state index contributed by atoms with van der Waals surface area (Å²) in [5.41, 5.74) is 0.377. The van der Waals surface area contributed by atoms with E-state index in [4.69, 9.17) is 0 Å². The maximum atomic E-state index is 12.6. The van der Waals surface area contributed by atoms with E-state index in [-0.39, 0.29) is 11.9 Å². The van der Waals surface area contributed by atoms with Gasteiger partial charge in [0.05, 0.1) is 11.9 Å². The van der Waals surface area contributed by atoms with E-state index in [0.717, 1.165) is 6.21 Å². The maximum Gasteiger partial charge on any atom is 0.269 e. The number of carbonyl (C=O) groups excluding carboxylic acids is 1. The van der Waals surface area contributed by atoms with Gasteiger partial charge in [-0.15, -0.1) is 0 Å². The SMILES string of the molecule is O=C1C=CC2N=CC(F)=CC2=N1. The summed E-state index contributed by atoms with van der Waals surface area (Å²) >= 11 is 0. The van der Waals surface area contributed by atoms with Crippen LogP contribution in [-0.2, 0) is 4.79 Å². The second-order valence-corrected chi connectivity index (χ2v) is 2.49. The standard InChI is InChI=1S/C8H5FN2O/c9-5-3-7-6(10-4-5)1-2-8(12)11-7/h1-4,6H. The van der Waals surface area contributed by atoms with Gasteiger partial charge >= 0.3 is 0 Å². The third-order valence-corrected chi connectivity index (χ3v) is 1.61. The lowest BCUT2D eigenvalue weighted by Crippen LogP contribution is -2.22. The summed E-state index contributed by atoms with van der Waals surface area (Å²) in [7, 11) is 0. The summed E-state index contributed by atoms with van der Waals surface area (Å²) in [6, 6.07) is -0.276. The Kier molecular flexibility index (Phi) is 1.46. The predicted octanol–water partition coefficient (Wildman–Crippen LogP) is 0.830. The molecule has 2 rings (SSSR count). The molecule has 0 N–H and O–H groups in total. The van der Waals surface area contributed by atoms with Crippen LogP contribution in [0.5, 0.6) is 0 Å². The number of rotatable bonds is 0. The van der Waals surface area contributed by atoms with E-state index < -0.39 is 5.83 Å². The van der Waals surface area contributed by atoms with Gasteiger partial charge in [-0.05, 0) is 12.2 Å². The Bertz CT molecular complexity index is 352. The summed E-state index contributed by atoms with van der Waals surface area (Å²) in [4.78, 5) is 18.2. The van der Waals surface area contributed by atoms with Crippen molar-refractivity contribution in [3.05, 3.63) is 24.1 Å². The van der Waals surface area contributed by atoms with E-state index in [0.29, 0.717) is 5.71 Å². The summed E-state index contributed by atoms with van der Waals surface area (Å²) < 4.78 is 12.6. The van der Waals surface area contributed by atoms with Crippen molar-refractivity contribution in [2.45, 2.75) is 6.04 Å². The first kappa shape index (κ1) is 7.09. The Labute approximate surface area is 68.0 Å². The highest BCUT2D eigenvalue weighted by Crippen LogP contribution is 2.12. The normalized spacial score (nSPS) is 26.4. The smallest absolute Gasteiger partial charge is 0.269 e. The molecule has 0 fully saturated rings. The summed E-state index contributed by atoms with van der Waals surface area (Å²) in [6.07, 6.45) is 5.29. The molecule has 1 atom stereocenters. The molecule has 60 valence electrons. The number of nitrogens with zero attached hydrogens (tertiary/aromatic N) is 2. The fraction of sp³-hybridized carbons (Fsp3) is 0.125. The van der Waals surface area contributed by atoms with E-state index >= 15 is 0 Å². The highest BCUT2D eigenvalue weighted by Gasteiger charge is 2.18. The van der Waals surface area contributed by atoms with E-state index in [1.54, 1.807) is 6.08 Å². The molecule has 0 aromatic heterocycles. The number of hydrogen-bond donors (Lipinski definition) is 0. The summed E-state index contributed by atoms with van der Waals surface area (Å²) in [5, 5.41) is 0. The molecule has 2 heterocycles. The lowest BCUT2D eigenvalue weighted by atomic mass is 10.1. The third kappa shape index (κ3) is 1.11. The second-order valence-electron chi connectivity index (χ2n) is 2.49. The Morgan fingerprint density at radius 1 is 1.50 bits per heavy atom. The molecule has 2 aliphatic heterocycles. The number of allylic oxidation sites excluding steroid dienone is 1. The number of dihydropyridines is 2. The average molecular weight is 164 g/mol. The molecule has 0 aliphatic carbocycles. The molecule has 1 unspecified atom stereocenters. The zero-order valence-corrected chi connectivity index (χ0v) is 6.07. The predicted molar refractivity (Wildman–Crippen MR) is 43.1 cm³/mol. The Hall–Kier alpha value is -1.58. The average Bonchev–Trinajstić information content (AvgIpc) is 2.03. The summed E-state index contributed by atoms with van der Waals surface area (Å²) in [6.45, 7) is 0. The molecular formula is C8H5FN2O. The van der Waals surface area contributed by atoms with E-state index in [1.165, 1.54) is 12.2 Å². The molecule has 0 aromatic rings. The Morgan fingerprint density at radius 3 is 3.17 bits per heavy atom. The first-order chi connectivity index (χ1) is 5.75. The van der Waals surface area contributed by atoms with E-state index in [1.807, 2.05) is 0 Å². The van der Waals surface area contributed by atoms with Crippen LogP contribution in [0, 0.1) is 0 Å². The largest absolute Gasteiger partial charge is 0.276 e. The molecule has 12 heavy (non-hydrogen) atoms. The van der Waals surface area contributed by atoms with Gasteiger partial charge in [-0.1, -0.05) is 0 Å². The summed E-state index contributed by atoms with van der Waals surface area (Å²) in [5.74, 6) is -0.824. The number of halogens is 1. The van der Waals surface area contributed by atoms with Crippen molar-refractivity contribution >= 4 is 17.8 Å². The van der Waals surface area contributed by atoms with Gasteiger partial charge in [0.2, 0.25) is 0 Å². The minimum Gasteiger partial charge on any atom is -0.276 e. The quantitative estimate of drug-likeness (QED) is 0.522. The van der Waals surface area contributed by atoms with Gasteiger partial charge in [-0.3, -0.25) is 9.79 Å². The molecule has 0 spiro atoms. The van der Waals surface area contributed by atoms with Crippen LogP contribution in [0.2, 0.25) is 0 Å². The third-order valence-electron chi connectivity index (χ3n) is 1.61. The van der Waals surface area contributed by atoms with E-state index in [2.05, 4.69) is 9.98 Å². The number of amides is 1. The lowest BCUT2D eigenvalue weighted by Gasteiger charge is -2.13. The molecule has 1 amide bonds. The van der Waals surface area contributed by atoms with Gasteiger partial charge in [-0.25, -0.2) is 9.38 Å². The van der Waals surface area contributed by atoms with Crippen LogP contribution >= 0.6 is 0 Å². The fourth-order valence-electron chi connectivity index (χ4n) is 1.08. The molecule has 0 aromatic carbocycles. The maximum absolute atomic E-state index is 12.6. The lowest BCUT2D eigenvalue weighted by molar-refractivity contribution is -0.113. The molecule has 4 heteroatoms. The first-order valence-electron chi connectivity index (χ1n) is 3.47. The zero-order chi connectivity index (χ0) is 8.55. The van der Waals surface area contributed by atoms with Crippen LogP contribution in [0.3, 0.4) is 0 Å². The molecule has 0 bridgehead atoms. The van der Waals surface area contributed by atoms with Crippen molar-refractivity contribution in [2.24, 2.45) is 9.98 Å². The van der Waals surface area contributed by atoms with Crippen LogP contribution in [0.1, 0.15) is 0 Å². The monoisotopic (exact) mass is 164 g/mol. The molecule has 2 aliphatic rings. The molecule has 0 saturated carbocycles. The minimum absolute atomic E-state index is 0.276. The van der Waals surface area contributed by atoms with Gasteiger partial charge < -0.3 is 0 Å². The number of carbonyl (C=O) groups is 1. The van der Waals surface area contributed by atoms with Crippen LogP contribution in [0.25, 0.3) is 0 Å². The highest BCUT2D eigenvalue weighted by atomic mass is 19.1. The van der Waals surface area contributed by atoms with E-state index in [9.17, 15) is 9.18 Å². The number of fused-ring (bicyclic) bond motifs is 1. The van der Waals surface area contributed by atoms with Crippen molar-refractivity contribution in [1.82, 2.24) is 0 Å². The molecule has 0 saturated heterocycles. The van der Waals surface area contributed by atoms with Crippen molar-refractivity contribution in [3.63, 3.8) is 0 Å². The topological polar surface area (TPSA) is 41.8 Å². The van der Waals surface area contributed by atoms with Crippen molar-refractivity contribution < 1.29 is 9.18 Å². The van der Waals surface area contributed by atoms with Gasteiger partial charge in [0.1, 0.15) is 11.9 Å². The zero-order valence-electron chi connectivity index (χ0n) is 6.07. The van der Waals surface area contributed by atoms with Gasteiger partial charge in [0.15, 0.2) is 0 Å². The van der Waals surface area contributed by atoms with Gasteiger partial charge in [0, 0.05) is 6.08 Å². The fourth-order valence-corrected chi connectivity index (χ4v) is 1.08. The molecule has 3 nitrogen and oxygen atoms in total. The van der Waals surface area contributed by atoms with Crippen molar-refractivity contribution in [2.75, 3.05) is 0 Å². The first-order valence-corrected chi connectivity index (χ1v) is 3.47. The second kappa shape index (κ2) is 2.48.